The number of hydrogen-bond acceptors (Lipinski definition) is 18. The molecular formula is C50H85N15O18S. The highest BCUT2D eigenvalue weighted by atomic mass is 32.2. The van der Waals surface area contributed by atoms with E-state index in [-0.39, 0.29) is 63.9 Å². The summed E-state index contributed by atoms with van der Waals surface area (Å²) in [5, 5.41) is 67.8. The number of amides is 10. The Kier molecular flexibility index (Phi) is 34.3. The first-order chi connectivity index (χ1) is 39.5. The Balaban J connectivity index is 3.59. The Hall–Kier alpha value is -7.88. The van der Waals surface area contributed by atoms with Crippen molar-refractivity contribution in [1.82, 2.24) is 52.8 Å². The average Bonchev–Trinajstić information content (AvgIpc) is 4.08. The Labute approximate surface area is 489 Å². The second-order valence-corrected chi connectivity index (χ2v) is 21.1. The summed E-state index contributed by atoms with van der Waals surface area (Å²) in [6.07, 6.45) is -1.81. The van der Waals surface area contributed by atoms with E-state index in [1.165, 1.54) is 30.5 Å². The number of nitrogens with two attached hydrogens (primary N) is 4. The van der Waals surface area contributed by atoms with E-state index < -0.39 is 200 Å². The monoisotopic (exact) mass is 1220 g/mol. The molecule has 0 aromatic heterocycles. The number of aliphatic carboxylic acids is 4. The number of carbonyl (C=O) groups is 14. The topological polar surface area (TPSA) is 559 Å². The van der Waals surface area contributed by atoms with Crippen LogP contribution in [-0.4, -0.2) is 206 Å². The van der Waals surface area contributed by atoms with Crippen molar-refractivity contribution >= 4 is 101 Å². The molecule has 1 aliphatic rings. The summed E-state index contributed by atoms with van der Waals surface area (Å²) in [7, 11) is 0. The van der Waals surface area contributed by atoms with Crippen LogP contribution in [0.5, 0.6) is 0 Å². The number of primary amides is 1. The molecule has 1 fully saturated rings. The Morgan fingerprint density at radius 2 is 1.04 bits per heavy atom. The highest BCUT2D eigenvalue weighted by Gasteiger charge is 2.39. The van der Waals surface area contributed by atoms with Gasteiger partial charge >= 0.3 is 23.9 Å². The lowest BCUT2D eigenvalue weighted by Gasteiger charge is -2.30. The van der Waals surface area contributed by atoms with Gasteiger partial charge in [0.05, 0.1) is 12.5 Å². The van der Waals surface area contributed by atoms with E-state index in [2.05, 4.69) is 47.9 Å². The molecule has 1 saturated heterocycles. The van der Waals surface area contributed by atoms with Crippen LogP contribution in [0, 0.1) is 11.3 Å². The first kappa shape index (κ1) is 74.1. The highest BCUT2D eigenvalue weighted by Crippen LogP contribution is 2.19. The van der Waals surface area contributed by atoms with Gasteiger partial charge in [0.2, 0.25) is 59.1 Å². The molecular weight excluding hydrogens is 1130 g/mol. The molecule has 34 heteroatoms. The third-order valence-electron chi connectivity index (χ3n) is 13.3. The summed E-state index contributed by atoms with van der Waals surface area (Å²) in [5.41, 5.74) is 22.0. The lowest BCUT2D eigenvalue weighted by atomic mass is 9.96. The summed E-state index contributed by atoms with van der Waals surface area (Å²) < 4.78 is 0. The van der Waals surface area contributed by atoms with Crippen LogP contribution in [0.3, 0.4) is 0 Å². The number of carboxylic acid groups (broad SMARTS) is 4. The number of unbranched alkanes of at least 4 members (excludes halogenated alkanes) is 1. The minimum Gasteiger partial charge on any atom is -0.481 e. The molecule has 1 aliphatic heterocycles. The standard InChI is InChI=1S/C50H85N15O18S/c1-5-25(2)39(64-44(77)30(15-18-37(69)70)59-41(74)29(14-17-36(67)68)60-46(79)34-12-9-22-65(34)48(81)26(3)52)47(80)61-31(19-23-84-4)43(76)63-33(24-38(71)72)45(78)57-27(11-8-21-56-50(54)55)40(73)58-28(13-16-35(53)66)42(75)62-32(49(82)83)10-6-7-20-51/h25-34,39H,5-24,51-52H2,1-4H3,(H2,53,66)(H,57,78)(H,58,73)(H,59,74)(H,60,79)(H,61,80)(H,62,75)(H,63,76)(H,64,77)(H,67,68)(H,69,70)(H,71,72)(H,82,83)(H4,54,55,56)/t25-,26-,27-,28-,29-,30-,31-,32-,33-,34-,39-/m0/s1. The first-order valence-corrected chi connectivity index (χ1v) is 28.8. The van der Waals surface area contributed by atoms with E-state index in [1.807, 2.05) is 0 Å². The zero-order chi connectivity index (χ0) is 63.8. The number of thioether (sulfide) groups is 1. The molecule has 0 saturated carbocycles. The van der Waals surface area contributed by atoms with E-state index in [0.29, 0.717) is 19.3 Å². The zero-order valence-corrected chi connectivity index (χ0v) is 48.5. The van der Waals surface area contributed by atoms with Crippen LogP contribution in [0.2, 0.25) is 0 Å². The van der Waals surface area contributed by atoms with Crippen molar-refractivity contribution in [3.63, 3.8) is 0 Å². The Morgan fingerprint density at radius 1 is 0.583 bits per heavy atom. The second-order valence-electron chi connectivity index (χ2n) is 20.1. The van der Waals surface area contributed by atoms with E-state index in [4.69, 9.17) is 28.3 Å². The number of guanidine groups is 1. The van der Waals surface area contributed by atoms with Gasteiger partial charge in [-0.05, 0) is 102 Å². The van der Waals surface area contributed by atoms with Gasteiger partial charge in [-0.25, -0.2) is 4.79 Å². The maximum atomic E-state index is 14.3. The van der Waals surface area contributed by atoms with Gasteiger partial charge in [0.25, 0.3) is 0 Å². The summed E-state index contributed by atoms with van der Waals surface area (Å²) in [4.78, 5) is 185. The van der Waals surface area contributed by atoms with Gasteiger partial charge in [-0.2, -0.15) is 11.8 Å². The SMILES string of the molecule is CC[C@H](C)[C@H](NC(=O)[C@H](CCC(=O)O)NC(=O)[C@H](CCC(=O)O)NC(=O)[C@@H]1CCCN1C(=O)[C@H](C)N)C(=O)N[C@@H](CCSC)C(=O)N[C@@H](CC(=O)O)C(=O)N[C@@H](CCCNC(=N)N)C(=O)N[C@@H](CCC(N)=O)C(=O)N[C@@H](CCCCN)C(=O)O. The molecule has 474 valence electrons. The number of nitrogens with zero attached hydrogens (tertiary/aromatic N) is 1. The van der Waals surface area contributed by atoms with Gasteiger partial charge in [0.1, 0.15) is 54.4 Å². The van der Waals surface area contributed by atoms with E-state index in [9.17, 15) is 87.5 Å². The van der Waals surface area contributed by atoms with Crippen molar-refractivity contribution in [2.45, 2.75) is 184 Å². The molecule has 11 atom stereocenters. The van der Waals surface area contributed by atoms with Crippen LogP contribution in [0.15, 0.2) is 0 Å². The Morgan fingerprint density at radius 3 is 1.50 bits per heavy atom. The molecule has 0 aromatic carbocycles. The van der Waals surface area contributed by atoms with Gasteiger partial charge in [-0.1, -0.05) is 20.3 Å². The molecule has 33 nitrogen and oxygen atoms in total. The molecule has 0 bridgehead atoms. The van der Waals surface area contributed by atoms with Gasteiger partial charge < -0.3 is 96.1 Å². The summed E-state index contributed by atoms with van der Waals surface area (Å²) in [5.74, 6) is -16.8. The van der Waals surface area contributed by atoms with Crippen LogP contribution in [-0.2, 0) is 67.1 Å². The highest BCUT2D eigenvalue weighted by molar-refractivity contribution is 7.98. The molecule has 1 rings (SSSR count). The predicted octanol–water partition coefficient (Wildman–Crippen LogP) is -5.05. The van der Waals surface area contributed by atoms with Crippen LogP contribution in [0.25, 0.3) is 0 Å². The van der Waals surface area contributed by atoms with Gasteiger partial charge in [0, 0.05) is 32.4 Å². The van der Waals surface area contributed by atoms with Crippen molar-refractivity contribution < 1.29 is 87.5 Å². The van der Waals surface area contributed by atoms with Crippen molar-refractivity contribution in [2.24, 2.45) is 28.9 Å². The van der Waals surface area contributed by atoms with Crippen LogP contribution in [0.1, 0.15) is 124 Å². The van der Waals surface area contributed by atoms with Crippen molar-refractivity contribution in [3.05, 3.63) is 0 Å². The molecule has 0 radical (unpaired) electrons. The summed E-state index contributed by atoms with van der Waals surface area (Å²) >= 11 is 1.22. The Bertz CT molecular complexity index is 2330. The third-order valence-corrected chi connectivity index (χ3v) is 14.0. The normalized spacial score (nSPS) is 16.4. The fourth-order valence-corrected chi connectivity index (χ4v) is 8.95. The van der Waals surface area contributed by atoms with Crippen molar-refractivity contribution in [1.29, 1.82) is 5.41 Å². The van der Waals surface area contributed by atoms with Crippen LogP contribution < -0.4 is 70.8 Å². The van der Waals surface area contributed by atoms with Crippen LogP contribution >= 0.6 is 11.8 Å². The lowest BCUT2D eigenvalue weighted by Crippen LogP contribution is -2.61. The van der Waals surface area contributed by atoms with E-state index in [1.54, 1.807) is 13.2 Å². The van der Waals surface area contributed by atoms with Crippen molar-refractivity contribution in [2.75, 3.05) is 31.6 Å². The molecule has 0 unspecified atom stereocenters. The van der Waals surface area contributed by atoms with E-state index >= 15 is 0 Å². The number of carboxylic acids is 4. The summed E-state index contributed by atoms with van der Waals surface area (Å²) in [6, 6.07) is -15.2. The zero-order valence-electron chi connectivity index (χ0n) is 47.7. The number of hydrogen-bond donors (Lipinski definition) is 18. The average molecular weight is 1220 g/mol. The number of likely N-dealkylation sites (tertiary alicyclic amines) is 1. The molecule has 1 heterocycles. The maximum absolute atomic E-state index is 14.3. The molecule has 0 aromatic rings. The van der Waals surface area contributed by atoms with Gasteiger partial charge in [0.15, 0.2) is 5.96 Å². The molecule has 84 heavy (non-hydrogen) atoms. The fraction of sp³-hybridized carbons (Fsp3) is 0.700. The van der Waals surface area contributed by atoms with Gasteiger partial charge in [-0.3, -0.25) is 67.7 Å². The maximum Gasteiger partial charge on any atom is 0.326 e. The molecule has 10 amide bonds. The van der Waals surface area contributed by atoms with E-state index in [0.717, 1.165) is 0 Å². The largest absolute Gasteiger partial charge is 0.481 e. The van der Waals surface area contributed by atoms with Crippen molar-refractivity contribution in [3.8, 4) is 0 Å². The third kappa shape index (κ3) is 27.9. The smallest absolute Gasteiger partial charge is 0.326 e. The predicted molar refractivity (Wildman–Crippen MR) is 300 cm³/mol. The summed E-state index contributed by atoms with van der Waals surface area (Å²) in [6.45, 7) is 4.97. The lowest BCUT2D eigenvalue weighted by molar-refractivity contribution is -0.143. The molecule has 0 aliphatic carbocycles. The molecule has 22 N–H and O–H groups in total. The van der Waals surface area contributed by atoms with Gasteiger partial charge in [-0.15, -0.1) is 0 Å². The van der Waals surface area contributed by atoms with Crippen LogP contribution in [0.4, 0.5) is 0 Å². The molecule has 0 spiro atoms. The quantitative estimate of drug-likeness (QED) is 0.0154. The first-order valence-electron chi connectivity index (χ1n) is 27.4. The number of nitrogens with one attached hydrogen (secondary N) is 10. The minimum absolute atomic E-state index is 0.0119. The number of carbonyl (C=O) groups excluding carboxylic acids is 10. The minimum atomic E-state index is -1.98. The fourth-order valence-electron chi connectivity index (χ4n) is 8.48. The second kappa shape index (κ2) is 38.8. The number of rotatable bonds is 42.